The summed E-state index contributed by atoms with van der Waals surface area (Å²) >= 11 is 5.86. The fourth-order valence-electron chi connectivity index (χ4n) is 3.36. The van der Waals surface area contributed by atoms with Crippen LogP contribution in [0.1, 0.15) is 19.3 Å². The predicted octanol–water partition coefficient (Wildman–Crippen LogP) is 1.29. The third-order valence-corrected chi connectivity index (χ3v) is 5.01. The Morgan fingerprint density at radius 1 is 1.13 bits per heavy atom. The number of piperidine rings is 1. The van der Waals surface area contributed by atoms with E-state index in [1.54, 1.807) is 11.1 Å². The van der Waals surface area contributed by atoms with Crippen LogP contribution >= 0.6 is 11.6 Å². The van der Waals surface area contributed by atoms with E-state index in [4.69, 9.17) is 17.3 Å². The maximum atomic E-state index is 12.6. The Morgan fingerprint density at radius 3 is 2.39 bits per heavy atom. The summed E-state index contributed by atoms with van der Waals surface area (Å²) in [6.45, 7) is 2.73. The molecule has 2 amide bonds. The molecule has 0 aromatic carbocycles. The fourth-order valence-corrected chi connectivity index (χ4v) is 3.47. The van der Waals surface area contributed by atoms with Crippen LogP contribution in [0, 0.1) is 11.8 Å². The van der Waals surface area contributed by atoms with E-state index in [1.807, 2.05) is 12.1 Å². The normalized spacial score (nSPS) is 22.4. The molecule has 2 N–H and O–H groups in total. The quantitative estimate of drug-likeness (QED) is 0.902. The minimum absolute atomic E-state index is 0.0326. The number of primary amides is 1. The Kier molecular flexibility index (Phi) is 4.71. The van der Waals surface area contributed by atoms with Gasteiger partial charge < -0.3 is 15.5 Å². The van der Waals surface area contributed by atoms with E-state index in [0.29, 0.717) is 24.5 Å². The number of likely N-dealkylation sites (tertiary alicyclic amines) is 1. The SMILES string of the molecule is NC(=O)[C@@H]1CCN(C(=O)C2CCN(c3ccc(Cl)cn3)CC2)C1. The van der Waals surface area contributed by atoms with Gasteiger partial charge in [-0.2, -0.15) is 0 Å². The van der Waals surface area contributed by atoms with E-state index in [-0.39, 0.29) is 23.7 Å². The van der Waals surface area contributed by atoms with Crippen molar-refractivity contribution in [2.75, 3.05) is 31.1 Å². The van der Waals surface area contributed by atoms with Gasteiger partial charge in [-0.3, -0.25) is 9.59 Å². The first-order chi connectivity index (χ1) is 11.0. The van der Waals surface area contributed by atoms with E-state index in [2.05, 4.69) is 9.88 Å². The van der Waals surface area contributed by atoms with Gasteiger partial charge in [-0.15, -0.1) is 0 Å². The summed E-state index contributed by atoms with van der Waals surface area (Å²) in [7, 11) is 0. The molecule has 23 heavy (non-hydrogen) atoms. The van der Waals surface area contributed by atoms with Crippen LogP contribution in [0.2, 0.25) is 5.02 Å². The van der Waals surface area contributed by atoms with Gasteiger partial charge >= 0.3 is 0 Å². The molecule has 1 aromatic rings. The van der Waals surface area contributed by atoms with Crippen molar-refractivity contribution in [1.82, 2.24) is 9.88 Å². The summed E-state index contributed by atoms with van der Waals surface area (Å²) in [4.78, 5) is 32.1. The predicted molar refractivity (Wildman–Crippen MR) is 88.1 cm³/mol. The zero-order valence-electron chi connectivity index (χ0n) is 12.9. The summed E-state index contributed by atoms with van der Waals surface area (Å²) in [6, 6.07) is 3.73. The lowest BCUT2D eigenvalue weighted by Gasteiger charge is -2.33. The van der Waals surface area contributed by atoms with Crippen molar-refractivity contribution in [3.05, 3.63) is 23.4 Å². The Balaban J connectivity index is 1.53. The van der Waals surface area contributed by atoms with E-state index in [0.717, 1.165) is 31.7 Å². The number of nitrogens with two attached hydrogens (primary N) is 1. The second-order valence-corrected chi connectivity index (χ2v) is 6.70. The van der Waals surface area contributed by atoms with Crippen LogP contribution in [-0.4, -0.2) is 47.9 Å². The third kappa shape index (κ3) is 3.58. The van der Waals surface area contributed by atoms with Gasteiger partial charge in [0.15, 0.2) is 0 Å². The average Bonchev–Trinajstić information content (AvgIpc) is 3.05. The van der Waals surface area contributed by atoms with Crippen LogP contribution in [0.3, 0.4) is 0 Å². The first-order valence-electron chi connectivity index (χ1n) is 7.99. The van der Waals surface area contributed by atoms with Crippen LogP contribution in [0.25, 0.3) is 0 Å². The number of amides is 2. The monoisotopic (exact) mass is 336 g/mol. The van der Waals surface area contributed by atoms with Crippen molar-refractivity contribution in [3.8, 4) is 0 Å². The number of nitrogens with zero attached hydrogens (tertiary/aromatic N) is 3. The highest BCUT2D eigenvalue weighted by atomic mass is 35.5. The molecule has 124 valence electrons. The topological polar surface area (TPSA) is 79.5 Å². The van der Waals surface area contributed by atoms with Gasteiger partial charge in [-0.1, -0.05) is 11.6 Å². The molecule has 0 radical (unpaired) electrons. The molecule has 2 aliphatic heterocycles. The number of carbonyl (C=O) groups is 2. The van der Waals surface area contributed by atoms with Crippen LogP contribution in [0.5, 0.6) is 0 Å². The molecule has 2 fully saturated rings. The Bertz CT molecular complexity index is 584. The molecule has 7 heteroatoms. The molecule has 1 atom stereocenters. The molecule has 2 saturated heterocycles. The van der Waals surface area contributed by atoms with Gasteiger partial charge in [0.2, 0.25) is 11.8 Å². The number of pyridine rings is 1. The first kappa shape index (κ1) is 16.1. The van der Waals surface area contributed by atoms with Crippen molar-refractivity contribution in [2.45, 2.75) is 19.3 Å². The average molecular weight is 337 g/mol. The van der Waals surface area contributed by atoms with E-state index in [1.165, 1.54) is 0 Å². The minimum Gasteiger partial charge on any atom is -0.369 e. The summed E-state index contributed by atoms with van der Waals surface area (Å²) in [5.41, 5.74) is 5.33. The highest BCUT2D eigenvalue weighted by Gasteiger charge is 2.34. The molecule has 0 unspecified atom stereocenters. The van der Waals surface area contributed by atoms with Crippen LogP contribution in [-0.2, 0) is 9.59 Å². The highest BCUT2D eigenvalue weighted by molar-refractivity contribution is 6.30. The zero-order chi connectivity index (χ0) is 16.4. The van der Waals surface area contributed by atoms with Crippen molar-refractivity contribution in [3.63, 3.8) is 0 Å². The first-order valence-corrected chi connectivity index (χ1v) is 8.37. The van der Waals surface area contributed by atoms with E-state index >= 15 is 0 Å². The molecule has 3 rings (SSSR count). The number of anilines is 1. The number of carbonyl (C=O) groups excluding carboxylic acids is 2. The summed E-state index contributed by atoms with van der Waals surface area (Å²) in [6.07, 6.45) is 3.94. The molecule has 1 aromatic heterocycles. The molecule has 0 bridgehead atoms. The summed E-state index contributed by atoms with van der Waals surface area (Å²) < 4.78 is 0. The Morgan fingerprint density at radius 2 is 1.83 bits per heavy atom. The van der Waals surface area contributed by atoms with E-state index < -0.39 is 0 Å². The standard InChI is InChI=1S/C16H21ClN4O2/c17-13-1-2-14(19-9-13)20-6-3-11(4-7-20)16(23)21-8-5-12(10-21)15(18)22/h1-2,9,11-12H,3-8,10H2,(H2,18,22)/t12-/m1/s1. The molecule has 0 saturated carbocycles. The van der Waals surface area contributed by atoms with Crippen molar-refractivity contribution in [2.24, 2.45) is 17.6 Å². The number of hydrogen-bond donors (Lipinski definition) is 1. The maximum absolute atomic E-state index is 12.6. The second-order valence-electron chi connectivity index (χ2n) is 6.27. The largest absolute Gasteiger partial charge is 0.369 e. The fraction of sp³-hybridized carbons (Fsp3) is 0.562. The lowest BCUT2D eigenvalue weighted by molar-refractivity contribution is -0.135. The maximum Gasteiger partial charge on any atom is 0.225 e. The van der Waals surface area contributed by atoms with Crippen LogP contribution in [0.4, 0.5) is 5.82 Å². The van der Waals surface area contributed by atoms with Gasteiger partial charge in [0.25, 0.3) is 0 Å². The van der Waals surface area contributed by atoms with Crippen LogP contribution < -0.4 is 10.6 Å². The third-order valence-electron chi connectivity index (χ3n) is 4.78. The summed E-state index contributed by atoms with van der Waals surface area (Å²) in [5, 5.41) is 0.622. The summed E-state index contributed by atoms with van der Waals surface area (Å²) in [5.74, 6) is 0.610. The number of halogens is 1. The van der Waals surface area contributed by atoms with Gasteiger partial charge in [0.1, 0.15) is 5.82 Å². The highest BCUT2D eigenvalue weighted by Crippen LogP contribution is 2.26. The van der Waals surface area contributed by atoms with E-state index in [9.17, 15) is 9.59 Å². The number of aromatic nitrogens is 1. The van der Waals surface area contributed by atoms with Gasteiger partial charge in [-0.25, -0.2) is 4.98 Å². The molecule has 6 nitrogen and oxygen atoms in total. The molecule has 0 aliphatic carbocycles. The number of hydrogen-bond acceptors (Lipinski definition) is 4. The van der Waals surface area contributed by atoms with Crippen molar-refractivity contribution >= 4 is 29.2 Å². The van der Waals surface area contributed by atoms with Gasteiger partial charge in [-0.05, 0) is 31.4 Å². The molecular weight excluding hydrogens is 316 g/mol. The lowest BCUT2D eigenvalue weighted by atomic mass is 9.95. The van der Waals surface area contributed by atoms with Gasteiger partial charge in [0, 0.05) is 38.3 Å². The van der Waals surface area contributed by atoms with Crippen molar-refractivity contribution in [1.29, 1.82) is 0 Å². The van der Waals surface area contributed by atoms with Gasteiger partial charge in [0.05, 0.1) is 10.9 Å². The molecule has 2 aliphatic rings. The lowest BCUT2D eigenvalue weighted by Crippen LogP contribution is -2.42. The molecular formula is C16H21ClN4O2. The minimum atomic E-state index is -0.302. The molecule has 0 spiro atoms. The Labute approximate surface area is 140 Å². The van der Waals surface area contributed by atoms with Crippen molar-refractivity contribution < 1.29 is 9.59 Å². The Hall–Kier alpha value is -1.82. The zero-order valence-corrected chi connectivity index (χ0v) is 13.7. The van der Waals surface area contributed by atoms with Crippen LogP contribution in [0.15, 0.2) is 18.3 Å². The second kappa shape index (κ2) is 6.74. The smallest absolute Gasteiger partial charge is 0.225 e. The molecule has 3 heterocycles. The number of rotatable bonds is 3.